The van der Waals surface area contributed by atoms with E-state index in [-0.39, 0.29) is 17.5 Å². The van der Waals surface area contributed by atoms with E-state index in [1.165, 1.54) is 0 Å². The number of hydrogen-bond donors (Lipinski definition) is 1. The number of likely N-dealkylation sites (N-methyl/N-ethyl adjacent to an activating group) is 1. The van der Waals surface area contributed by atoms with Gasteiger partial charge in [0.2, 0.25) is 0 Å². The smallest absolute Gasteiger partial charge is 0.317 e. The second-order valence-corrected chi connectivity index (χ2v) is 8.85. The van der Waals surface area contributed by atoms with Gasteiger partial charge >= 0.3 is 6.03 Å². The average molecular weight is 402 g/mol. The Morgan fingerprint density at radius 2 is 1.83 bits per heavy atom. The standard InChI is InChI=1S/C22H35N5O2/c1-3-7-23-22(29)26-13-17-12-19(16-26)20-6-5-18(21(28)27(20)14-17)15-25-10-8-24(4-2)9-11-25/h5-6,17,19H,3-4,7-16H2,1-2H3,(H,23,29)/t17-,19+/m0/s1. The zero-order valence-electron chi connectivity index (χ0n) is 17.9. The molecule has 1 aromatic heterocycles. The number of likely N-dealkylation sites (tertiary alicyclic amines) is 1. The number of fused-ring (bicyclic) bond motifs is 4. The maximum atomic E-state index is 13.2. The van der Waals surface area contributed by atoms with E-state index >= 15 is 0 Å². The number of urea groups is 1. The molecule has 4 rings (SSSR count). The Labute approximate surface area is 173 Å². The Balaban J connectivity index is 1.46. The van der Waals surface area contributed by atoms with E-state index < -0.39 is 0 Å². The van der Waals surface area contributed by atoms with Gasteiger partial charge in [0.15, 0.2) is 0 Å². The minimum Gasteiger partial charge on any atom is -0.338 e. The summed E-state index contributed by atoms with van der Waals surface area (Å²) < 4.78 is 2.01. The lowest BCUT2D eigenvalue weighted by atomic mass is 9.83. The molecule has 1 aromatic rings. The van der Waals surface area contributed by atoms with Gasteiger partial charge < -0.3 is 19.7 Å². The first-order chi connectivity index (χ1) is 14.1. The number of piperidine rings is 1. The van der Waals surface area contributed by atoms with E-state index in [9.17, 15) is 9.59 Å². The van der Waals surface area contributed by atoms with E-state index in [4.69, 9.17) is 0 Å². The molecule has 2 fully saturated rings. The summed E-state index contributed by atoms with van der Waals surface area (Å²) in [6.45, 7) is 13.3. The number of carbonyl (C=O) groups is 1. The van der Waals surface area contributed by atoms with Crippen LogP contribution in [0.1, 0.15) is 43.9 Å². The number of pyridine rings is 1. The number of hydrogen-bond acceptors (Lipinski definition) is 4. The molecule has 0 aliphatic carbocycles. The average Bonchev–Trinajstić information content (AvgIpc) is 2.74. The number of piperazine rings is 1. The fourth-order valence-corrected chi connectivity index (χ4v) is 5.13. The first-order valence-electron chi connectivity index (χ1n) is 11.3. The van der Waals surface area contributed by atoms with E-state index in [0.717, 1.165) is 83.0 Å². The molecule has 160 valence electrons. The van der Waals surface area contributed by atoms with Gasteiger partial charge in [-0.05, 0) is 31.4 Å². The summed E-state index contributed by atoms with van der Waals surface area (Å²) in [6, 6.07) is 4.23. The quantitative estimate of drug-likeness (QED) is 0.813. The number of carbonyl (C=O) groups excluding carboxylic acids is 1. The minimum absolute atomic E-state index is 0.0418. The van der Waals surface area contributed by atoms with Gasteiger partial charge in [-0.15, -0.1) is 0 Å². The molecule has 3 aliphatic rings. The van der Waals surface area contributed by atoms with Crippen molar-refractivity contribution >= 4 is 6.03 Å². The lowest BCUT2D eigenvalue weighted by molar-refractivity contribution is 0.127. The zero-order chi connectivity index (χ0) is 20.4. The molecule has 0 unspecified atom stereocenters. The minimum atomic E-state index is 0.0418. The lowest BCUT2D eigenvalue weighted by Crippen LogP contribution is -2.52. The molecule has 0 radical (unpaired) electrons. The monoisotopic (exact) mass is 401 g/mol. The third kappa shape index (κ3) is 4.36. The van der Waals surface area contributed by atoms with Crippen molar-refractivity contribution in [2.45, 2.75) is 45.7 Å². The van der Waals surface area contributed by atoms with Crippen molar-refractivity contribution in [3.8, 4) is 0 Å². The summed E-state index contributed by atoms with van der Waals surface area (Å²) >= 11 is 0. The summed E-state index contributed by atoms with van der Waals surface area (Å²) in [4.78, 5) is 32.5. The van der Waals surface area contributed by atoms with Gasteiger partial charge in [-0.2, -0.15) is 0 Å². The Hall–Kier alpha value is -1.86. The van der Waals surface area contributed by atoms with Crippen LogP contribution in [0, 0.1) is 5.92 Å². The van der Waals surface area contributed by atoms with Crippen molar-refractivity contribution in [2.75, 3.05) is 52.4 Å². The van der Waals surface area contributed by atoms with Gasteiger partial charge in [0.25, 0.3) is 5.56 Å². The Morgan fingerprint density at radius 3 is 2.55 bits per heavy atom. The van der Waals surface area contributed by atoms with Gasteiger partial charge in [-0.1, -0.05) is 19.9 Å². The highest BCUT2D eigenvalue weighted by Crippen LogP contribution is 2.35. The Morgan fingerprint density at radius 1 is 1.07 bits per heavy atom. The van der Waals surface area contributed by atoms with Gasteiger partial charge in [0.05, 0.1) is 0 Å². The number of rotatable bonds is 5. The molecule has 4 heterocycles. The van der Waals surface area contributed by atoms with Gasteiger partial charge in [0, 0.05) is 76.1 Å². The summed E-state index contributed by atoms with van der Waals surface area (Å²) in [7, 11) is 0. The van der Waals surface area contributed by atoms with Gasteiger partial charge in [0.1, 0.15) is 0 Å². The highest BCUT2D eigenvalue weighted by molar-refractivity contribution is 5.74. The maximum absolute atomic E-state index is 13.2. The van der Waals surface area contributed by atoms with Crippen LogP contribution in [0.3, 0.4) is 0 Å². The van der Waals surface area contributed by atoms with Crippen LogP contribution in [0.15, 0.2) is 16.9 Å². The first-order valence-corrected chi connectivity index (χ1v) is 11.3. The van der Waals surface area contributed by atoms with Gasteiger partial charge in [-0.3, -0.25) is 9.69 Å². The van der Waals surface area contributed by atoms with Crippen LogP contribution in [0.5, 0.6) is 0 Å². The number of aromatic nitrogens is 1. The van der Waals surface area contributed by atoms with Crippen molar-refractivity contribution in [1.29, 1.82) is 0 Å². The Bertz CT molecular complexity index is 784. The highest BCUT2D eigenvalue weighted by atomic mass is 16.2. The molecule has 29 heavy (non-hydrogen) atoms. The van der Waals surface area contributed by atoms with Crippen LogP contribution >= 0.6 is 0 Å². The third-order valence-corrected chi connectivity index (χ3v) is 6.80. The molecule has 7 nitrogen and oxygen atoms in total. The molecule has 2 amide bonds. The van der Waals surface area contributed by atoms with Crippen molar-refractivity contribution in [3.05, 3.63) is 33.7 Å². The summed E-state index contributed by atoms with van der Waals surface area (Å²) in [5.74, 6) is 0.638. The van der Waals surface area contributed by atoms with Crippen LogP contribution in [-0.2, 0) is 13.1 Å². The molecule has 2 saturated heterocycles. The number of nitrogens with zero attached hydrogens (tertiary/aromatic N) is 4. The lowest BCUT2D eigenvalue weighted by Gasteiger charge is -2.43. The molecular weight excluding hydrogens is 366 g/mol. The first kappa shape index (κ1) is 20.4. The maximum Gasteiger partial charge on any atom is 0.317 e. The Kier molecular flexibility index (Phi) is 6.25. The van der Waals surface area contributed by atoms with E-state index in [1.54, 1.807) is 0 Å². The van der Waals surface area contributed by atoms with Gasteiger partial charge in [-0.25, -0.2) is 4.79 Å². The molecular formula is C22H35N5O2. The number of nitrogens with one attached hydrogen (secondary N) is 1. The topological polar surface area (TPSA) is 60.8 Å². The largest absolute Gasteiger partial charge is 0.338 e. The van der Waals surface area contributed by atoms with Crippen LogP contribution in [0.4, 0.5) is 4.79 Å². The van der Waals surface area contributed by atoms with Crippen molar-refractivity contribution < 1.29 is 4.79 Å². The van der Waals surface area contributed by atoms with Crippen molar-refractivity contribution in [3.63, 3.8) is 0 Å². The van der Waals surface area contributed by atoms with Crippen molar-refractivity contribution in [2.24, 2.45) is 5.92 Å². The number of amides is 2. The van der Waals surface area contributed by atoms with Crippen LogP contribution in [0.25, 0.3) is 0 Å². The normalized spacial score (nSPS) is 25.0. The van der Waals surface area contributed by atoms with E-state index in [2.05, 4.69) is 35.0 Å². The highest BCUT2D eigenvalue weighted by Gasteiger charge is 2.36. The second kappa shape index (κ2) is 8.88. The summed E-state index contributed by atoms with van der Waals surface area (Å²) in [5.41, 5.74) is 2.20. The second-order valence-electron chi connectivity index (χ2n) is 8.85. The molecule has 0 spiro atoms. The van der Waals surface area contributed by atoms with Crippen molar-refractivity contribution in [1.82, 2.24) is 24.6 Å². The van der Waals surface area contributed by atoms with E-state index in [0.29, 0.717) is 12.5 Å². The fraction of sp³-hybridized carbons (Fsp3) is 0.727. The predicted octanol–water partition coefficient (Wildman–Crippen LogP) is 1.52. The zero-order valence-corrected chi connectivity index (χ0v) is 17.9. The predicted molar refractivity (Wildman–Crippen MR) is 114 cm³/mol. The fourth-order valence-electron chi connectivity index (χ4n) is 5.13. The molecule has 2 atom stereocenters. The summed E-state index contributed by atoms with van der Waals surface area (Å²) in [6.07, 6.45) is 2.02. The van der Waals surface area contributed by atoms with Crippen LogP contribution in [0.2, 0.25) is 0 Å². The third-order valence-electron chi connectivity index (χ3n) is 6.80. The molecule has 7 heteroatoms. The van der Waals surface area contributed by atoms with Crippen LogP contribution < -0.4 is 10.9 Å². The molecule has 0 aromatic carbocycles. The molecule has 2 bridgehead atoms. The summed E-state index contributed by atoms with van der Waals surface area (Å²) in [5, 5.41) is 3.00. The molecule has 1 N–H and O–H groups in total. The van der Waals surface area contributed by atoms with E-state index in [1.807, 2.05) is 15.5 Å². The molecule has 3 aliphatic heterocycles. The molecule has 0 saturated carbocycles. The SMILES string of the molecule is CCCNC(=O)N1C[C@@H]2C[C@H](C1)c1ccc(CN3CCN(CC)CC3)c(=O)n1C2. The van der Waals surface area contributed by atoms with Crippen LogP contribution in [-0.4, -0.2) is 77.7 Å².